The van der Waals surface area contributed by atoms with E-state index in [4.69, 9.17) is 28.4 Å². The van der Waals surface area contributed by atoms with E-state index in [2.05, 4.69) is 4.72 Å². The zero-order valence-corrected chi connectivity index (χ0v) is 44.8. The largest absolute Gasteiger partial charge is 0.460 e. The monoisotopic (exact) mass is 1020 g/mol. The third kappa shape index (κ3) is 17.3. The number of allylic oxidation sites excluding steroid dienone is 6. The van der Waals surface area contributed by atoms with Crippen LogP contribution in [0.1, 0.15) is 119 Å². The summed E-state index contributed by atoms with van der Waals surface area (Å²) in [7, 11) is 0.532. The van der Waals surface area contributed by atoms with Gasteiger partial charge in [0.2, 0.25) is 15.8 Å². The van der Waals surface area contributed by atoms with Crippen LogP contribution in [0.15, 0.2) is 47.6 Å². The number of hydrogen-bond donors (Lipinski definition) is 3. The quantitative estimate of drug-likeness (QED) is 0.142. The predicted octanol–water partition coefficient (Wildman–Crippen LogP) is 5.36. The highest BCUT2D eigenvalue weighted by atomic mass is 32.2. The van der Waals surface area contributed by atoms with Gasteiger partial charge in [0.15, 0.2) is 5.78 Å². The Labute approximate surface area is 422 Å². The van der Waals surface area contributed by atoms with E-state index in [0.29, 0.717) is 62.4 Å². The second kappa shape index (κ2) is 27.7. The number of Topliss-reactive ketones (excluding diaryl/α,β-unsaturated/α-hetero) is 3. The molecule has 15 atom stereocenters. The van der Waals surface area contributed by atoms with Gasteiger partial charge in [0.05, 0.1) is 37.8 Å². The Morgan fingerprint density at radius 1 is 0.901 bits per heavy atom. The number of esters is 1. The summed E-state index contributed by atoms with van der Waals surface area (Å²) in [6.45, 7) is 13.7. The molecule has 0 aromatic heterocycles. The summed E-state index contributed by atoms with van der Waals surface area (Å²) in [5.41, 5.74) is 0.974. The van der Waals surface area contributed by atoms with Crippen molar-refractivity contribution in [3.05, 3.63) is 47.6 Å². The van der Waals surface area contributed by atoms with Gasteiger partial charge in [-0.05, 0) is 102 Å². The first kappa shape index (κ1) is 60.1. The van der Waals surface area contributed by atoms with Crippen LogP contribution in [0.5, 0.6) is 0 Å². The SMILES string of the molecule is COC1C(=O)C(C)CC/C=C/C=C/C=C(\C)C(NS(C)(=O)=O)C[C@H]2CC[C@H](C)[C@](O)(O2)C(=O)C(=O)N(C)C(C)C(=O)OC([C@H](C)C[C@@H]2CC[C@@H](OCC3CCOC3)[C@H](OC)C2)CC(=O)C(C)/C=C(\C)C1O. The summed E-state index contributed by atoms with van der Waals surface area (Å²) in [4.78, 5) is 70.8. The Balaban J connectivity index is 1.65. The van der Waals surface area contributed by atoms with Crippen LogP contribution in [0.3, 0.4) is 0 Å². The standard InChI is InChI=1S/C53H84N2O15S/c1-32-17-15-13-12-14-16-18-33(2)47(57)49(66-10)48(58)36(5)25-34(3)43(56)29-45(35(4)26-39-20-22-44(46(27-39)65-9)68-31-40-23-24-67-30-40)69-52(61)38(7)55(8)51(60)50(59)53(62)37(6)19-21-41(70-53)28-42(32)54-71(11,63)64/h12-15,17,25,33-35,37-42,44-46,48-49,54,58,62H,16,18-24,26-31H2,1-11H3/b14-12+,15-13+,32-17+,36-25+/t33?,34?,35-,37+,38?,39+,40?,41-,42?,44-,45?,46-,48?,49?,53+/m1/s1. The molecule has 1 aliphatic carbocycles. The lowest BCUT2D eigenvalue weighted by Gasteiger charge is -2.42. The van der Waals surface area contributed by atoms with Gasteiger partial charge in [-0.3, -0.25) is 19.2 Å². The molecule has 18 heteroatoms. The third-order valence-electron chi connectivity index (χ3n) is 15.1. The number of cyclic esters (lactones) is 1. The van der Waals surface area contributed by atoms with Crippen LogP contribution in [0, 0.1) is 35.5 Å². The van der Waals surface area contributed by atoms with Crippen molar-refractivity contribution in [3.8, 4) is 0 Å². The Hall–Kier alpha value is -3.46. The summed E-state index contributed by atoms with van der Waals surface area (Å²) in [6, 6.07) is -2.14. The van der Waals surface area contributed by atoms with E-state index in [1.54, 1.807) is 72.1 Å². The lowest BCUT2D eigenvalue weighted by molar-refractivity contribution is -0.263. The van der Waals surface area contributed by atoms with E-state index in [9.17, 15) is 42.6 Å². The first-order chi connectivity index (χ1) is 33.4. The molecule has 17 nitrogen and oxygen atoms in total. The molecular weight excluding hydrogens is 937 g/mol. The highest BCUT2D eigenvalue weighted by Gasteiger charge is 2.52. The van der Waals surface area contributed by atoms with Crippen molar-refractivity contribution in [3.63, 3.8) is 0 Å². The number of carbonyl (C=O) groups excluding carboxylic acids is 5. The molecule has 0 aromatic rings. The average molecular weight is 1020 g/mol. The van der Waals surface area contributed by atoms with E-state index in [1.807, 2.05) is 13.0 Å². The Morgan fingerprint density at radius 3 is 2.27 bits per heavy atom. The minimum Gasteiger partial charge on any atom is -0.460 e. The number of methoxy groups -OCH3 is 2. The minimum atomic E-state index is -3.74. The van der Waals surface area contributed by atoms with Gasteiger partial charge in [0, 0.05) is 64.0 Å². The molecule has 2 bridgehead atoms. The summed E-state index contributed by atoms with van der Waals surface area (Å²) >= 11 is 0. The molecule has 402 valence electrons. The van der Waals surface area contributed by atoms with E-state index in [1.165, 1.54) is 21.1 Å². The molecule has 0 spiro atoms. The molecule has 4 rings (SSSR count). The number of ketones is 3. The first-order valence-corrected chi connectivity index (χ1v) is 27.4. The number of nitrogens with zero attached hydrogens (tertiary/aromatic N) is 1. The van der Waals surface area contributed by atoms with Crippen molar-refractivity contribution in [1.82, 2.24) is 9.62 Å². The second-order valence-electron chi connectivity index (χ2n) is 20.8. The molecule has 71 heavy (non-hydrogen) atoms. The van der Waals surface area contributed by atoms with Gasteiger partial charge in [-0.2, -0.15) is 0 Å². The van der Waals surface area contributed by atoms with Crippen molar-refractivity contribution in [2.75, 3.05) is 47.3 Å². The van der Waals surface area contributed by atoms with E-state index < -0.39 is 87.7 Å². The lowest BCUT2D eigenvalue weighted by atomic mass is 9.78. The first-order valence-electron chi connectivity index (χ1n) is 25.5. The molecule has 0 radical (unpaired) electrons. The molecule has 3 aliphatic heterocycles. The fraction of sp³-hybridized carbons (Fsp3) is 0.755. The number of sulfonamides is 1. The zero-order chi connectivity index (χ0) is 52.8. The molecule has 1 amide bonds. The maximum atomic E-state index is 14.2. The molecule has 1 saturated carbocycles. The maximum Gasteiger partial charge on any atom is 0.328 e. The van der Waals surface area contributed by atoms with Crippen molar-refractivity contribution in [1.29, 1.82) is 0 Å². The minimum absolute atomic E-state index is 0.0286. The number of carbonyl (C=O) groups is 5. The normalized spacial score (nSPS) is 38.4. The molecule has 3 fully saturated rings. The molecule has 4 aliphatic rings. The van der Waals surface area contributed by atoms with Crippen molar-refractivity contribution in [2.45, 2.75) is 174 Å². The number of amides is 1. The smallest absolute Gasteiger partial charge is 0.328 e. The molecular formula is C53H84N2O15S. The fourth-order valence-electron chi connectivity index (χ4n) is 10.0. The van der Waals surface area contributed by atoms with Crippen molar-refractivity contribution < 1.29 is 71.0 Å². The number of likely N-dealkylation sites (N-methyl/N-ethyl adjacent to an activating group) is 1. The van der Waals surface area contributed by atoms with Crippen LogP contribution in [0.2, 0.25) is 0 Å². The summed E-state index contributed by atoms with van der Waals surface area (Å²) < 4.78 is 63.2. The second-order valence-corrected chi connectivity index (χ2v) is 22.6. The molecule has 0 aromatic carbocycles. The van der Waals surface area contributed by atoms with Gasteiger partial charge in [-0.25, -0.2) is 17.9 Å². The maximum absolute atomic E-state index is 14.2. The zero-order valence-electron chi connectivity index (χ0n) is 44.0. The fourth-order valence-corrected chi connectivity index (χ4v) is 10.8. The summed E-state index contributed by atoms with van der Waals surface area (Å²) in [5.74, 6) is -8.49. The van der Waals surface area contributed by atoms with E-state index in [0.717, 1.165) is 37.0 Å². The Morgan fingerprint density at radius 2 is 1.62 bits per heavy atom. The number of aliphatic hydroxyl groups excluding tert-OH is 1. The van der Waals surface area contributed by atoms with E-state index in [-0.39, 0.29) is 54.9 Å². The highest BCUT2D eigenvalue weighted by molar-refractivity contribution is 7.88. The lowest BCUT2D eigenvalue weighted by Crippen LogP contribution is -2.59. The number of nitrogens with one attached hydrogen (secondary N) is 1. The summed E-state index contributed by atoms with van der Waals surface area (Å²) in [6.07, 6.45) is 12.2. The van der Waals surface area contributed by atoms with Crippen molar-refractivity contribution in [2.24, 2.45) is 35.5 Å². The Bertz CT molecular complexity index is 2050. The number of aliphatic hydroxyl groups is 2. The number of rotatable bonds is 10. The third-order valence-corrected chi connectivity index (χ3v) is 15.8. The topological polar surface area (TPSA) is 231 Å². The van der Waals surface area contributed by atoms with Gasteiger partial charge in [0.25, 0.3) is 11.7 Å². The Kier molecular flexibility index (Phi) is 23.5. The molecule has 2 saturated heterocycles. The van der Waals surface area contributed by atoms with Gasteiger partial charge in [0.1, 0.15) is 30.1 Å². The van der Waals surface area contributed by atoms with Crippen molar-refractivity contribution >= 4 is 39.2 Å². The molecule has 8 unspecified atom stereocenters. The van der Waals surface area contributed by atoms with Gasteiger partial charge in [-0.15, -0.1) is 0 Å². The number of hydrogen-bond acceptors (Lipinski definition) is 15. The van der Waals surface area contributed by atoms with Gasteiger partial charge >= 0.3 is 5.97 Å². The van der Waals surface area contributed by atoms with Crippen LogP contribution in [0.4, 0.5) is 0 Å². The van der Waals surface area contributed by atoms with Crippen LogP contribution in [0.25, 0.3) is 0 Å². The van der Waals surface area contributed by atoms with Crippen LogP contribution >= 0.6 is 0 Å². The van der Waals surface area contributed by atoms with E-state index >= 15 is 0 Å². The van der Waals surface area contributed by atoms with Crippen LogP contribution < -0.4 is 4.72 Å². The van der Waals surface area contributed by atoms with Gasteiger partial charge in [-0.1, -0.05) is 69.7 Å². The number of fused-ring (bicyclic) bond motifs is 2. The predicted molar refractivity (Wildman–Crippen MR) is 267 cm³/mol. The number of ether oxygens (including phenoxy) is 6. The van der Waals surface area contributed by atoms with Crippen LogP contribution in [-0.4, -0.2) is 155 Å². The molecule has 3 N–H and O–H groups in total. The van der Waals surface area contributed by atoms with Crippen LogP contribution in [-0.2, 0) is 62.4 Å². The van der Waals surface area contributed by atoms with Gasteiger partial charge < -0.3 is 43.5 Å². The molecule has 3 heterocycles. The average Bonchev–Trinajstić information content (AvgIpc) is 3.86. The highest BCUT2D eigenvalue weighted by Crippen LogP contribution is 2.37. The summed E-state index contributed by atoms with van der Waals surface area (Å²) in [5, 5.41) is 23.3.